The number of rotatable bonds is 4. The van der Waals surface area contributed by atoms with Crippen molar-refractivity contribution in [2.24, 2.45) is 0 Å². The number of nitrogens with zero attached hydrogens (tertiary/aromatic N) is 3. The molecule has 0 amide bonds. The largest absolute Gasteiger partial charge is 0.428 e. The van der Waals surface area contributed by atoms with Crippen LogP contribution in [0.1, 0.15) is 18.0 Å². The molecular weight excluding hydrogens is 194 g/mol. The molecule has 2 aromatic rings. The van der Waals surface area contributed by atoms with Crippen LogP contribution < -0.4 is 0 Å². The number of aliphatic hydroxyl groups excluding tert-OH is 1. The zero-order valence-corrected chi connectivity index (χ0v) is 8.55. The van der Waals surface area contributed by atoms with Crippen molar-refractivity contribution in [3.05, 3.63) is 30.2 Å². The summed E-state index contributed by atoms with van der Waals surface area (Å²) in [7, 11) is 0. The van der Waals surface area contributed by atoms with Gasteiger partial charge in [0.05, 0.1) is 6.20 Å². The first-order valence-corrected chi connectivity index (χ1v) is 4.87. The molecule has 0 aliphatic rings. The van der Waals surface area contributed by atoms with Crippen LogP contribution in [0.4, 0.5) is 0 Å². The molecular formula is C10H13N3O2. The Morgan fingerprint density at radius 1 is 1.47 bits per heavy atom. The van der Waals surface area contributed by atoms with E-state index in [-0.39, 0.29) is 6.61 Å². The first kappa shape index (κ1) is 9.92. The normalized spacial score (nSPS) is 10.8. The molecule has 0 saturated heterocycles. The zero-order chi connectivity index (χ0) is 10.7. The summed E-state index contributed by atoms with van der Waals surface area (Å²) in [6, 6.07) is 0.526. The lowest BCUT2D eigenvalue weighted by Crippen LogP contribution is -1.94. The van der Waals surface area contributed by atoms with Crippen LogP contribution in [0.15, 0.2) is 23.0 Å². The fourth-order valence-electron chi connectivity index (χ4n) is 1.36. The summed E-state index contributed by atoms with van der Waals surface area (Å²) in [6.07, 6.45) is 6.59. The maximum Gasteiger partial charge on any atom is 0.307 e. The van der Waals surface area contributed by atoms with E-state index in [0.29, 0.717) is 18.9 Å². The van der Waals surface area contributed by atoms with Gasteiger partial charge in [-0.15, -0.1) is 0 Å². The van der Waals surface area contributed by atoms with E-state index in [2.05, 4.69) is 9.97 Å². The van der Waals surface area contributed by atoms with Crippen LogP contribution in [0, 0.1) is 6.92 Å². The molecule has 0 aromatic carbocycles. The molecule has 0 atom stereocenters. The Bertz CT molecular complexity index is 433. The molecule has 0 saturated carbocycles. The molecule has 0 aliphatic heterocycles. The second-order valence-electron chi connectivity index (χ2n) is 3.28. The molecule has 0 fully saturated rings. The smallest absolute Gasteiger partial charge is 0.307 e. The monoisotopic (exact) mass is 207 g/mol. The van der Waals surface area contributed by atoms with Gasteiger partial charge in [-0.3, -0.25) is 4.57 Å². The first-order valence-electron chi connectivity index (χ1n) is 4.87. The number of hydrogen-bond acceptors (Lipinski definition) is 4. The molecule has 0 bridgehead atoms. The molecule has 0 spiro atoms. The molecule has 0 radical (unpaired) electrons. The minimum absolute atomic E-state index is 0.167. The average Bonchev–Trinajstić information content (AvgIpc) is 2.83. The van der Waals surface area contributed by atoms with Gasteiger partial charge >= 0.3 is 6.01 Å². The lowest BCUT2D eigenvalue weighted by Gasteiger charge is -1.97. The van der Waals surface area contributed by atoms with Gasteiger partial charge in [-0.1, -0.05) is 0 Å². The van der Waals surface area contributed by atoms with Crippen LogP contribution in [0.5, 0.6) is 0 Å². The summed E-state index contributed by atoms with van der Waals surface area (Å²) in [4.78, 5) is 8.23. The van der Waals surface area contributed by atoms with Gasteiger partial charge in [-0.05, 0) is 13.3 Å². The summed E-state index contributed by atoms with van der Waals surface area (Å²) in [5.74, 6) is 1.62. The van der Waals surface area contributed by atoms with Crippen molar-refractivity contribution in [1.82, 2.24) is 14.5 Å². The van der Waals surface area contributed by atoms with Crippen LogP contribution >= 0.6 is 0 Å². The minimum atomic E-state index is 0.167. The number of aryl methyl sites for hydroxylation is 2. The lowest BCUT2D eigenvalue weighted by molar-refractivity contribution is 0.284. The SMILES string of the molecule is Cc1nccn1-c1ncc(CCCO)o1. The Labute approximate surface area is 87.4 Å². The molecule has 5 heteroatoms. The second kappa shape index (κ2) is 4.27. The van der Waals surface area contributed by atoms with Crippen molar-refractivity contribution < 1.29 is 9.52 Å². The molecule has 5 nitrogen and oxygen atoms in total. The maximum absolute atomic E-state index is 8.69. The molecule has 15 heavy (non-hydrogen) atoms. The Morgan fingerprint density at radius 3 is 3.00 bits per heavy atom. The van der Waals surface area contributed by atoms with Gasteiger partial charge in [-0.2, -0.15) is 0 Å². The third kappa shape index (κ3) is 2.07. The fourth-order valence-corrected chi connectivity index (χ4v) is 1.36. The number of imidazole rings is 1. The van der Waals surface area contributed by atoms with Gasteiger partial charge in [-0.25, -0.2) is 9.97 Å². The van der Waals surface area contributed by atoms with E-state index < -0.39 is 0 Å². The summed E-state index contributed by atoms with van der Waals surface area (Å²) in [6.45, 7) is 2.05. The predicted octanol–water partition coefficient (Wildman–Crippen LogP) is 1.09. The number of aliphatic hydroxyl groups is 1. The first-order chi connectivity index (χ1) is 7.31. The van der Waals surface area contributed by atoms with Crippen molar-refractivity contribution in [3.63, 3.8) is 0 Å². The predicted molar refractivity (Wildman–Crippen MR) is 53.8 cm³/mol. The topological polar surface area (TPSA) is 64.1 Å². The summed E-state index contributed by atoms with van der Waals surface area (Å²) < 4.78 is 7.29. The van der Waals surface area contributed by atoms with Crippen LogP contribution in [0.2, 0.25) is 0 Å². The van der Waals surface area contributed by atoms with E-state index in [1.165, 1.54) is 0 Å². The summed E-state index contributed by atoms with van der Waals surface area (Å²) in [5, 5.41) is 8.69. The van der Waals surface area contributed by atoms with E-state index in [9.17, 15) is 0 Å². The Hall–Kier alpha value is -1.62. The summed E-state index contributed by atoms with van der Waals surface area (Å²) in [5.41, 5.74) is 0. The van der Waals surface area contributed by atoms with Crippen LogP contribution in [0.3, 0.4) is 0 Å². The minimum Gasteiger partial charge on any atom is -0.428 e. The molecule has 0 unspecified atom stereocenters. The van der Waals surface area contributed by atoms with E-state index in [1.807, 2.05) is 6.92 Å². The van der Waals surface area contributed by atoms with Crippen LogP contribution in [-0.4, -0.2) is 26.2 Å². The summed E-state index contributed by atoms with van der Waals surface area (Å²) >= 11 is 0. The zero-order valence-electron chi connectivity index (χ0n) is 8.55. The van der Waals surface area contributed by atoms with Crippen molar-refractivity contribution >= 4 is 0 Å². The number of hydrogen-bond donors (Lipinski definition) is 1. The van der Waals surface area contributed by atoms with Crippen molar-refractivity contribution in [1.29, 1.82) is 0 Å². The Kier molecular flexibility index (Phi) is 2.82. The van der Waals surface area contributed by atoms with Gasteiger partial charge in [0.1, 0.15) is 11.6 Å². The fraction of sp³-hybridized carbons (Fsp3) is 0.400. The third-order valence-corrected chi connectivity index (χ3v) is 2.15. The lowest BCUT2D eigenvalue weighted by atomic mass is 10.3. The van der Waals surface area contributed by atoms with Crippen molar-refractivity contribution in [2.75, 3.05) is 6.61 Å². The highest BCUT2D eigenvalue weighted by molar-refractivity contribution is 5.12. The molecule has 0 aliphatic carbocycles. The molecule has 2 aromatic heterocycles. The third-order valence-electron chi connectivity index (χ3n) is 2.15. The van der Waals surface area contributed by atoms with Gasteiger partial charge in [0, 0.05) is 25.4 Å². The van der Waals surface area contributed by atoms with E-state index in [0.717, 1.165) is 11.6 Å². The second-order valence-corrected chi connectivity index (χ2v) is 3.28. The van der Waals surface area contributed by atoms with Gasteiger partial charge < -0.3 is 9.52 Å². The maximum atomic E-state index is 8.69. The highest BCUT2D eigenvalue weighted by atomic mass is 16.4. The van der Waals surface area contributed by atoms with E-state index in [1.54, 1.807) is 23.2 Å². The number of aromatic nitrogens is 3. The highest BCUT2D eigenvalue weighted by Gasteiger charge is 2.07. The van der Waals surface area contributed by atoms with Crippen LogP contribution in [0.25, 0.3) is 6.01 Å². The highest BCUT2D eigenvalue weighted by Crippen LogP contribution is 2.12. The molecule has 1 N–H and O–H groups in total. The van der Waals surface area contributed by atoms with Crippen molar-refractivity contribution in [3.8, 4) is 6.01 Å². The van der Waals surface area contributed by atoms with Gasteiger partial charge in [0.15, 0.2) is 0 Å². The van der Waals surface area contributed by atoms with Gasteiger partial charge in [0.25, 0.3) is 0 Å². The molecule has 2 heterocycles. The Morgan fingerprint density at radius 2 is 2.33 bits per heavy atom. The molecule has 2 rings (SSSR count). The van der Waals surface area contributed by atoms with Gasteiger partial charge in [0.2, 0.25) is 0 Å². The number of oxazole rings is 1. The van der Waals surface area contributed by atoms with E-state index >= 15 is 0 Å². The van der Waals surface area contributed by atoms with Crippen LogP contribution in [-0.2, 0) is 6.42 Å². The van der Waals surface area contributed by atoms with Crippen molar-refractivity contribution in [2.45, 2.75) is 19.8 Å². The quantitative estimate of drug-likeness (QED) is 0.815. The standard InChI is InChI=1S/C10H13N3O2/c1-8-11-4-5-13(8)10-12-7-9(15-10)3-2-6-14/h4-5,7,14H,2-3,6H2,1H3. The average molecular weight is 207 g/mol. The molecule has 80 valence electrons. The van der Waals surface area contributed by atoms with E-state index in [4.69, 9.17) is 9.52 Å². The Balaban J connectivity index is 2.17.